The molecule has 1 fully saturated rings. The van der Waals surface area contributed by atoms with Crippen LogP contribution in [0.25, 0.3) is 0 Å². The Bertz CT molecular complexity index is 406. The lowest BCUT2D eigenvalue weighted by atomic mass is 9.96. The van der Waals surface area contributed by atoms with Crippen LogP contribution in [-0.2, 0) is 19.7 Å². The van der Waals surface area contributed by atoms with Crippen LogP contribution in [0.2, 0.25) is 0 Å². The van der Waals surface area contributed by atoms with Crippen molar-refractivity contribution < 1.29 is 22.7 Å². The third kappa shape index (κ3) is 3.67. The number of rotatable bonds is 3. The van der Waals surface area contributed by atoms with Crippen LogP contribution >= 0.6 is 0 Å². The molecule has 0 aromatic heterocycles. The topological polar surface area (TPSA) is 92.8 Å². The fourth-order valence-corrected chi connectivity index (χ4v) is 2.87. The first-order chi connectivity index (χ1) is 7.86. The quantitative estimate of drug-likeness (QED) is 0.767. The number of amides is 1. The molecule has 1 aliphatic heterocycles. The van der Waals surface area contributed by atoms with Crippen LogP contribution < -0.4 is 4.72 Å². The molecule has 0 radical (unpaired) electrons. The van der Waals surface area contributed by atoms with Crippen molar-refractivity contribution >= 4 is 22.1 Å². The van der Waals surface area contributed by atoms with Gasteiger partial charge < -0.3 is 4.74 Å². The maximum absolute atomic E-state index is 11.7. The molecule has 0 aromatic carbocycles. The highest BCUT2D eigenvalue weighted by Crippen LogP contribution is 2.19. The molecule has 0 bridgehead atoms. The molecule has 1 unspecified atom stereocenters. The number of hydrogen-bond donors (Lipinski definition) is 1. The number of nitrogens with zero attached hydrogens (tertiary/aromatic N) is 1. The van der Waals surface area contributed by atoms with E-state index >= 15 is 0 Å². The van der Waals surface area contributed by atoms with Crippen LogP contribution in [0.15, 0.2) is 0 Å². The van der Waals surface area contributed by atoms with E-state index in [0.29, 0.717) is 19.4 Å². The molecule has 7 nitrogen and oxygen atoms in total. The summed E-state index contributed by atoms with van der Waals surface area (Å²) in [5, 5.41) is 0. The van der Waals surface area contributed by atoms with E-state index in [4.69, 9.17) is 0 Å². The van der Waals surface area contributed by atoms with Gasteiger partial charge in [0.1, 0.15) is 5.78 Å². The number of methoxy groups -OCH3 is 1. The highest BCUT2D eigenvalue weighted by molar-refractivity contribution is 7.87. The Labute approximate surface area is 100 Å². The number of piperidine rings is 1. The SMILES string of the molecule is COC(=O)NS(=O)(=O)N1CCCC(C(C)=O)C1. The normalized spacial score (nSPS) is 21.9. The molecular formula is C9H16N2O5S. The predicted octanol–water partition coefficient (Wildman–Crippen LogP) is -0.112. The minimum absolute atomic E-state index is 0.0389. The Balaban J connectivity index is 2.71. The minimum Gasteiger partial charge on any atom is -0.452 e. The lowest BCUT2D eigenvalue weighted by molar-refractivity contribution is -0.121. The van der Waals surface area contributed by atoms with E-state index in [1.54, 1.807) is 4.72 Å². The third-order valence-electron chi connectivity index (χ3n) is 2.70. The maximum Gasteiger partial charge on any atom is 0.421 e. The van der Waals surface area contributed by atoms with E-state index in [9.17, 15) is 18.0 Å². The predicted molar refractivity (Wildman–Crippen MR) is 59.4 cm³/mol. The van der Waals surface area contributed by atoms with Gasteiger partial charge in [0.2, 0.25) is 0 Å². The van der Waals surface area contributed by atoms with Crippen LogP contribution in [0.5, 0.6) is 0 Å². The third-order valence-corrected chi connectivity index (χ3v) is 4.13. The summed E-state index contributed by atoms with van der Waals surface area (Å²) in [5.74, 6) is -0.332. The van der Waals surface area contributed by atoms with Gasteiger partial charge >= 0.3 is 16.3 Å². The Morgan fingerprint density at radius 3 is 2.59 bits per heavy atom. The van der Waals surface area contributed by atoms with Gasteiger partial charge in [-0.25, -0.2) is 9.52 Å². The van der Waals surface area contributed by atoms with Crippen molar-refractivity contribution in [3.63, 3.8) is 0 Å². The number of carbonyl (C=O) groups is 2. The van der Waals surface area contributed by atoms with Crippen molar-refractivity contribution in [2.24, 2.45) is 5.92 Å². The minimum atomic E-state index is -3.90. The van der Waals surface area contributed by atoms with Crippen molar-refractivity contribution in [2.45, 2.75) is 19.8 Å². The van der Waals surface area contributed by atoms with E-state index in [-0.39, 0.29) is 18.2 Å². The maximum atomic E-state index is 11.7. The zero-order valence-electron chi connectivity index (χ0n) is 9.80. The van der Waals surface area contributed by atoms with Gasteiger partial charge in [-0.05, 0) is 19.8 Å². The fraction of sp³-hybridized carbons (Fsp3) is 0.778. The Morgan fingerprint density at radius 2 is 2.06 bits per heavy atom. The van der Waals surface area contributed by atoms with Gasteiger partial charge in [-0.3, -0.25) is 4.79 Å². The molecule has 0 saturated carbocycles. The first-order valence-electron chi connectivity index (χ1n) is 5.23. The second-order valence-electron chi connectivity index (χ2n) is 3.91. The highest BCUT2D eigenvalue weighted by Gasteiger charge is 2.31. The van der Waals surface area contributed by atoms with Gasteiger partial charge in [0.15, 0.2) is 0 Å². The molecule has 8 heteroatoms. The van der Waals surface area contributed by atoms with Gasteiger partial charge in [0, 0.05) is 19.0 Å². The van der Waals surface area contributed by atoms with Crippen LogP contribution in [-0.4, -0.2) is 44.8 Å². The van der Waals surface area contributed by atoms with Crippen molar-refractivity contribution in [3.05, 3.63) is 0 Å². The van der Waals surface area contributed by atoms with E-state index in [0.717, 1.165) is 11.4 Å². The van der Waals surface area contributed by atoms with Crippen molar-refractivity contribution in [3.8, 4) is 0 Å². The number of hydrogen-bond acceptors (Lipinski definition) is 5. The van der Waals surface area contributed by atoms with Gasteiger partial charge in [-0.2, -0.15) is 12.7 Å². The lowest BCUT2D eigenvalue weighted by Gasteiger charge is -2.30. The zero-order chi connectivity index (χ0) is 13.1. The fourth-order valence-electron chi connectivity index (χ4n) is 1.70. The lowest BCUT2D eigenvalue weighted by Crippen LogP contribution is -2.48. The van der Waals surface area contributed by atoms with Crippen LogP contribution in [0.1, 0.15) is 19.8 Å². The monoisotopic (exact) mass is 264 g/mol. The van der Waals surface area contributed by atoms with Crippen molar-refractivity contribution in [2.75, 3.05) is 20.2 Å². The molecule has 0 spiro atoms. The van der Waals surface area contributed by atoms with Crippen molar-refractivity contribution in [1.82, 2.24) is 9.03 Å². The molecule has 1 atom stereocenters. The van der Waals surface area contributed by atoms with Crippen molar-refractivity contribution in [1.29, 1.82) is 0 Å². The summed E-state index contributed by atoms with van der Waals surface area (Å²) >= 11 is 0. The van der Waals surface area contributed by atoms with Crippen LogP contribution in [0, 0.1) is 5.92 Å². The van der Waals surface area contributed by atoms with Gasteiger partial charge in [-0.1, -0.05) is 0 Å². The summed E-state index contributed by atoms with van der Waals surface area (Å²) in [6.07, 6.45) is 0.251. The molecule has 98 valence electrons. The number of Topliss-reactive ketones (excluding diaryl/α,β-unsaturated/α-hetero) is 1. The molecule has 1 N–H and O–H groups in total. The zero-order valence-corrected chi connectivity index (χ0v) is 10.6. The molecule has 1 rings (SSSR count). The highest BCUT2D eigenvalue weighted by atomic mass is 32.2. The van der Waals surface area contributed by atoms with E-state index in [2.05, 4.69) is 4.74 Å². The van der Waals surface area contributed by atoms with E-state index in [1.807, 2.05) is 0 Å². The van der Waals surface area contributed by atoms with Gasteiger partial charge in [0.05, 0.1) is 7.11 Å². The molecular weight excluding hydrogens is 248 g/mol. The number of ether oxygens (including phenoxy) is 1. The molecule has 17 heavy (non-hydrogen) atoms. The number of ketones is 1. The van der Waals surface area contributed by atoms with E-state index in [1.165, 1.54) is 6.92 Å². The average Bonchev–Trinajstić information content (AvgIpc) is 2.28. The smallest absolute Gasteiger partial charge is 0.421 e. The summed E-state index contributed by atoms with van der Waals surface area (Å²) in [7, 11) is -2.82. The first kappa shape index (κ1) is 13.9. The Kier molecular flexibility index (Phi) is 4.47. The number of carbonyl (C=O) groups excluding carboxylic acids is 2. The summed E-state index contributed by atoms with van der Waals surface area (Å²) < 4.78 is 30.5. The standard InChI is InChI=1S/C9H16N2O5S/c1-7(12)8-4-3-5-11(6-8)17(14,15)10-9(13)16-2/h8H,3-6H2,1-2H3,(H,10,13). The second-order valence-corrected chi connectivity index (χ2v) is 5.58. The largest absolute Gasteiger partial charge is 0.452 e. The van der Waals surface area contributed by atoms with E-state index < -0.39 is 16.3 Å². The van der Waals surface area contributed by atoms with Crippen LogP contribution in [0.4, 0.5) is 4.79 Å². The molecule has 1 saturated heterocycles. The summed E-state index contributed by atoms with van der Waals surface area (Å²) in [5.41, 5.74) is 0. The molecule has 1 heterocycles. The number of nitrogens with one attached hydrogen (secondary N) is 1. The first-order valence-corrected chi connectivity index (χ1v) is 6.67. The molecule has 0 aromatic rings. The van der Waals surface area contributed by atoms with Crippen LogP contribution in [0.3, 0.4) is 0 Å². The second kappa shape index (κ2) is 5.46. The Morgan fingerprint density at radius 1 is 1.41 bits per heavy atom. The summed E-state index contributed by atoms with van der Waals surface area (Å²) in [6.45, 7) is 1.85. The molecule has 1 aliphatic rings. The summed E-state index contributed by atoms with van der Waals surface area (Å²) in [6, 6.07) is 0. The molecule has 1 amide bonds. The molecule has 0 aliphatic carbocycles. The van der Waals surface area contributed by atoms with Gasteiger partial charge in [0.25, 0.3) is 0 Å². The van der Waals surface area contributed by atoms with Gasteiger partial charge in [-0.15, -0.1) is 0 Å². The Hall–Kier alpha value is -1.15. The average molecular weight is 264 g/mol. The summed E-state index contributed by atoms with van der Waals surface area (Å²) in [4.78, 5) is 22.1.